The summed E-state index contributed by atoms with van der Waals surface area (Å²) in [7, 11) is -3.87. The zero-order valence-electron chi connectivity index (χ0n) is 14.0. The van der Waals surface area contributed by atoms with Crippen molar-refractivity contribution in [3.8, 4) is 11.5 Å². The quantitative estimate of drug-likeness (QED) is 0.619. The van der Waals surface area contributed by atoms with Gasteiger partial charge in [0.25, 0.3) is 0 Å². The zero-order chi connectivity index (χ0) is 18.3. The molecule has 1 aromatic carbocycles. The van der Waals surface area contributed by atoms with Crippen molar-refractivity contribution in [2.45, 2.75) is 17.4 Å². The molecule has 1 aliphatic heterocycles. The number of fused-ring (bicyclic) bond motifs is 1. The molecule has 1 amide bonds. The Kier molecular flexibility index (Phi) is 7.15. The van der Waals surface area contributed by atoms with Crippen LogP contribution in [0.25, 0.3) is 0 Å². The van der Waals surface area contributed by atoms with Crippen LogP contribution in [0.3, 0.4) is 0 Å². The maximum Gasteiger partial charge on any atom is 0.241 e. The first kappa shape index (κ1) is 19.6. The van der Waals surface area contributed by atoms with E-state index in [0.29, 0.717) is 36.9 Å². The first-order valence-corrected chi connectivity index (χ1v) is 10.6. The number of ether oxygens (including phenoxy) is 2. The number of carbonyl (C=O) groups is 1. The number of nitrogens with one attached hydrogen (secondary N) is 2. The lowest BCUT2D eigenvalue weighted by molar-refractivity contribution is -0.122. The van der Waals surface area contributed by atoms with Gasteiger partial charge in [-0.25, -0.2) is 8.42 Å². The lowest BCUT2D eigenvalue weighted by atomic mass is 10.2. The lowest BCUT2D eigenvalue weighted by Crippen LogP contribution is -2.47. The lowest BCUT2D eigenvalue weighted by Gasteiger charge is -2.20. The molecule has 1 aliphatic rings. The van der Waals surface area contributed by atoms with Gasteiger partial charge in [-0.2, -0.15) is 16.5 Å². The molecule has 0 saturated carbocycles. The number of sulfonamides is 1. The molecule has 138 valence electrons. The molecule has 0 bridgehead atoms. The highest BCUT2D eigenvalue weighted by Gasteiger charge is 2.26. The average molecular weight is 386 g/mol. The molecule has 7 nitrogen and oxygen atoms in total. The minimum Gasteiger partial charge on any atom is -0.486 e. The van der Waals surface area contributed by atoms with Crippen LogP contribution < -0.4 is 19.5 Å². The highest BCUT2D eigenvalue weighted by Crippen LogP contribution is 2.32. The molecule has 2 N–H and O–H groups in total. The van der Waals surface area contributed by atoms with Crippen molar-refractivity contribution < 1.29 is 22.7 Å². The van der Waals surface area contributed by atoms with Crippen LogP contribution >= 0.6 is 11.8 Å². The fraction of sp³-hybridized carbons (Fsp3) is 0.438. The standard InChI is InChI=1S/C16H22N2O5S2/c1-3-7-17-16(19)13(6-10-24-2)18-25(20,21)12-4-5-14-15(11-12)23-9-8-22-14/h3-5,11,13,18H,1,6-10H2,2H3,(H,17,19)/t13-/m1/s1. The number of carbonyl (C=O) groups excluding carboxylic acids is 1. The van der Waals surface area contributed by atoms with Gasteiger partial charge >= 0.3 is 0 Å². The monoisotopic (exact) mass is 386 g/mol. The molecule has 2 rings (SSSR count). The van der Waals surface area contributed by atoms with Crippen molar-refractivity contribution in [2.75, 3.05) is 31.8 Å². The molecule has 0 aliphatic carbocycles. The largest absolute Gasteiger partial charge is 0.486 e. The van der Waals surface area contributed by atoms with E-state index in [-0.39, 0.29) is 17.3 Å². The number of thioether (sulfide) groups is 1. The van der Waals surface area contributed by atoms with E-state index in [2.05, 4.69) is 16.6 Å². The third-order valence-electron chi connectivity index (χ3n) is 3.47. The van der Waals surface area contributed by atoms with Crippen LogP contribution in [0.15, 0.2) is 35.7 Å². The Bertz CT molecular complexity index is 721. The molecule has 25 heavy (non-hydrogen) atoms. The fourth-order valence-corrected chi connectivity index (χ4v) is 3.94. The molecule has 0 saturated heterocycles. The van der Waals surface area contributed by atoms with Gasteiger partial charge < -0.3 is 14.8 Å². The van der Waals surface area contributed by atoms with Crippen molar-refractivity contribution in [3.63, 3.8) is 0 Å². The first-order valence-electron chi connectivity index (χ1n) is 7.77. The van der Waals surface area contributed by atoms with Crippen molar-refractivity contribution in [3.05, 3.63) is 30.9 Å². The molecule has 9 heteroatoms. The molecular weight excluding hydrogens is 364 g/mol. The molecule has 0 spiro atoms. The van der Waals surface area contributed by atoms with Crippen molar-refractivity contribution in [1.82, 2.24) is 10.0 Å². The van der Waals surface area contributed by atoms with Gasteiger partial charge in [0.1, 0.15) is 19.3 Å². The molecule has 0 unspecified atom stereocenters. The molecule has 0 fully saturated rings. The van der Waals surface area contributed by atoms with Gasteiger partial charge in [-0.05, 0) is 30.6 Å². The summed E-state index contributed by atoms with van der Waals surface area (Å²) in [5, 5.41) is 2.63. The summed E-state index contributed by atoms with van der Waals surface area (Å²) in [5.74, 6) is 1.16. The maximum absolute atomic E-state index is 12.7. The number of rotatable bonds is 9. The molecule has 0 aromatic heterocycles. The van der Waals surface area contributed by atoms with E-state index in [9.17, 15) is 13.2 Å². The average Bonchev–Trinajstić information content (AvgIpc) is 2.62. The van der Waals surface area contributed by atoms with Crippen LogP contribution in [-0.2, 0) is 14.8 Å². The third-order valence-corrected chi connectivity index (χ3v) is 5.58. The summed E-state index contributed by atoms with van der Waals surface area (Å²) in [4.78, 5) is 12.2. The molecular formula is C16H22N2O5S2. The summed E-state index contributed by atoms with van der Waals surface area (Å²) < 4.78 is 38.6. The van der Waals surface area contributed by atoms with Crippen LogP contribution in [0.2, 0.25) is 0 Å². The van der Waals surface area contributed by atoms with Crippen LogP contribution in [-0.4, -0.2) is 52.1 Å². The second-order valence-electron chi connectivity index (χ2n) is 5.29. The molecule has 1 aromatic rings. The number of hydrogen-bond acceptors (Lipinski definition) is 6. The minimum atomic E-state index is -3.87. The van der Waals surface area contributed by atoms with E-state index < -0.39 is 16.1 Å². The number of benzene rings is 1. The van der Waals surface area contributed by atoms with Gasteiger partial charge in [0.15, 0.2) is 11.5 Å². The Balaban J connectivity index is 2.17. The van der Waals surface area contributed by atoms with Crippen LogP contribution in [0.5, 0.6) is 11.5 Å². The van der Waals surface area contributed by atoms with Crippen molar-refractivity contribution >= 4 is 27.7 Å². The van der Waals surface area contributed by atoms with Crippen molar-refractivity contribution in [2.24, 2.45) is 0 Å². The molecule has 1 heterocycles. The Morgan fingerprint density at radius 2 is 2.08 bits per heavy atom. The number of hydrogen-bond donors (Lipinski definition) is 2. The summed E-state index contributed by atoms with van der Waals surface area (Å²) in [6.45, 7) is 4.61. The number of amides is 1. The normalized spacial score (nSPS) is 14.6. The van der Waals surface area contributed by atoms with E-state index in [1.54, 1.807) is 23.9 Å². The van der Waals surface area contributed by atoms with E-state index in [4.69, 9.17) is 9.47 Å². The van der Waals surface area contributed by atoms with Gasteiger partial charge in [0.05, 0.1) is 4.90 Å². The third kappa shape index (κ3) is 5.38. The fourth-order valence-electron chi connectivity index (χ4n) is 2.22. The van der Waals surface area contributed by atoms with Gasteiger partial charge in [-0.1, -0.05) is 6.08 Å². The summed E-state index contributed by atoms with van der Waals surface area (Å²) in [5.41, 5.74) is 0. The SMILES string of the molecule is C=CCNC(=O)[C@@H](CCSC)NS(=O)(=O)c1ccc2c(c1)OCCO2. The predicted octanol–water partition coefficient (Wildman–Crippen LogP) is 1.16. The first-order chi connectivity index (χ1) is 12.0. The summed E-state index contributed by atoms with van der Waals surface area (Å²) in [6, 6.07) is 3.54. The summed E-state index contributed by atoms with van der Waals surface area (Å²) in [6.07, 6.45) is 3.82. The topological polar surface area (TPSA) is 93.7 Å². The zero-order valence-corrected chi connectivity index (χ0v) is 15.6. The van der Waals surface area contributed by atoms with Crippen LogP contribution in [0.4, 0.5) is 0 Å². The Labute approximate surface area is 152 Å². The van der Waals surface area contributed by atoms with Gasteiger partial charge in [-0.15, -0.1) is 6.58 Å². The minimum absolute atomic E-state index is 0.0300. The van der Waals surface area contributed by atoms with Crippen LogP contribution in [0.1, 0.15) is 6.42 Å². The molecule has 1 atom stereocenters. The van der Waals surface area contributed by atoms with Crippen molar-refractivity contribution in [1.29, 1.82) is 0 Å². The van der Waals surface area contributed by atoms with E-state index in [1.165, 1.54) is 12.1 Å². The van der Waals surface area contributed by atoms with Gasteiger partial charge in [0, 0.05) is 12.6 Å². The van der Waals surface area contributed by atoms with Crippen LogP contribution in [0, 0.1) is 0 Å². The Morgan fingerprint density at radius 1 is 1.36 bits per heavy atom. The highest BCUT2D eigenvalue weighted by molar-refractivity contribution is 7.98. The van der Waals surface area contributed by atoms with E-state index >= 15 is 0 Å². The maximum atomic E-state index is 12.7. The second-order valence-corrected chi connectivity index (χ2v) is 7.99. The van der Waals surface area contributed by atoms with Gasteiger partial charge in [0.2, 0.25) is 15.9 Å². The van der Waals surface area contributed by atoms with E-state index in [0.717, 1.165) is 0 Å². The summed E-state index contributed by atoms with van der Waals surface area (Å²) >= 11 is 1.54. The Morgan fingerprint density at radius 3 is 2.76 bits per heavy atom. The van der Waals surface area contributed by atoms with Gasteiger partial charge in [-0.3, -0.25) is 4.79 Å². The smallest absolute Gasteiger partial charge is 0.241 e. The molecule has 0 radical (unpaired) electrons. The Hall–Kier alpha value is -1.71. The highest BCUT2D eigenvalue weighted by atomic mass is 32.2. The second kappa shape index (κ2) is 9.12. The predicted molar refractivity (Wildman–Crippen MR) is 97.7 cm³/mol. The van der Waals surface area contributed by atoms with E-state index in [1.807, 2.05) is 6.26 Å².